The van der Waals surface area contributed by atoms with Crippen molar-refractivity contribution in [3.05, 3.63) is 75.8 Å². The van der Waals surface area contributed by atoms with Crippen LogP contribution >= 0.6 is 0 Å². The molecule has 0 aliphatic carbocycles. The van der Waals surface area contributed by atoms with E-state index in [9.17, 15) is 24.5 Å². The van der Waals surface area contributed by atoms with Crippen molar-refractivity contribution in [3.8, 4) is 0 Å². The Bertz CT molecular complexity index is 868. The molecule has 0 radical (unpaired) electrons. The van der Waals surface area contributed by atoms with Crippen LogP contribution in [0.25, 0.3) is 0 Å². The second kappa shape index (κ2) is 10.5. The number of nitrogens with one attached hydrogen (secondary N) is 1. The number of ether oxygens (including phenoxy) is 1. The molecule has 2 amide bonds. The fourth-order valence-electron chi connectivity index (χ4n) is 2.38. The minimum atomic E-state index is -0.615. The molecule has 0 aliphatic heterocycles. The molecule has 0 saturated heterocycles. The van der Waals surface area contributed by atoms with Gasteiger partial charge in [-0.2, -0.15) is 0 Å². The smallest absolute Gasteiger partial charge is 0.308 e. The van der Waals surface area contributed by atoms with Crippen molar-refractivity contribution in [2.45, 2.75) is 13.0 Å². The molecule has 0 aromatic heterocycles. The Kier molecular flexibility index (Phi) is 7.84. The predicted octanol–water partition coefficient (Wildman–Crippen LogP) is 1.92. The number of hydrogen-bond acceptors (Lipinski definition) is 6. The standard InChI is InChI=1S/C20H21N3O6/c1-22(13-15-5-3-2-4-6-15)18(24)14-29-19(25)11-12-21-20(26)16-7-9-17(10-8-16)23(27)28/h2-10H,11-14H2,1H3,(H,21,26). The van der Waals surface area contributed by atoms with Crippen molar-refractivity contribution in [1.29, 1.82) is 0 Å². The maximum Gasteiger partial charge on any atom is 0.308 e. The van der Waals surface area contributed by atoms with Gasteiger partial charge in [-0.05, 0) is 17.7 Å². The van der Waals surface area contributed by atoms with Gasteiger partial charge in [-0.15, -0.1) is 0 Å². The summed E-state index contributed by atoms with van der Waals surface area (Å²) in [5.74, 6) is -1.42. The molecule has 152 valence electrons. The maximum atomic E-state index is 12.0. The third-order valence-electron chi connectivity index (χ3n) is 4.00. The van der Waals surface area contributed by atoms with Gasteiger partial charge in [0.05, 0.1) is 11.3 Å². The lowest BCUT2D eigenvalue weighted by atomic mass is 10.2. The molecule has 9 nitrogen and oxygen atoms in total. The van der Waals surface area contributed by atoms with Gasteiger partial charge in [0, 0.05) is 37.8 Å². The highest BCUT2D eigenvalue weighted by molar-refractivity contribution is 5.94. The van der Waals surface area contributed by atoms with E-state index in [4.69, 9.17) is 4.74 Å². The summed E-state index contributed by atoms with van der Waals surface area (Å²) in [6.45, 7) is 0.0453. The van der Waals surface area contributed by atoms with Crippen LogP contribution in [0.15, 0.2) is 54.6 Å². The predicted molar refractivity (Wildman–Crippen MR) is 104 cm³/mol. The van der Waals surface area contributed by atoms with Crippen molar-refractivity contribution >= 4 is 23.5 Å². The first-order valence-electron chi connectivity index (χ1n) is 8.83. The Labute approximate surface area is 167 Å². The van der Waals surface area contributed by atoms with E-state index in [0.29, 0.717) is 6.54 Å². The molecule has 0 aliphatic rings. The number of nitrogens with zero attached hydrogens (tertiary/aromatic N) is 2. The van der Waals surface area contributed by atoms with Crippen LogP contribution in [0.5, 0.6) is 0 Å². The van der Waals surface area contributed by atoms with Crippen molar-refractivity contribution in [2.24, 2.45) is 0 Å². The molecule has 1 N–H and O–H groups in total. The molecular formula is C20H21N3O6. The number of amides is 2. The second-order valence-corrected chi connectivity index (χ2v) is 6.21. The van der Waals surface area contributed by atoms with Crippen molar-refractivity contribution in [3.63, 3.8) is 0 Å². The van der Waals surface area contributed by atoms with Crippen LogP contribution in [0.4, 0.5) is 5.69 Å². The highest BCUT2D eigenvalue weighted by Gasteiger charge is 2.13. The molecule has 29 heavy (non-hydrogen) atoms. The van der Waals surface area contributed by atoms with Gasteiger partial charge in [-0.3, -0.25) is 24.5 Å². The van der Waals surface area contributed by atoms with Crippen LogP contribution in [0.3, 0.4) is 0 Å². The molecule has 2 aromatic rings. The average molecular weight is 399 g/mol. The lowest BCUT2D eigenvalue weighted by Crippen LogP contribution is -2.31. The fraction of sp³-hybridized carbons (Fsp3) is 0.250. The second-order valence-electron chi connectivity index (χ2n) is 6.21. The number of nitro benzene ring substituents is 1. The SMILES string of the molecule is CN(Cc1ccccc1)C(=O)COC(=O)CCNC(=O)c1ccc([N+](=O)[O-])cc1. The highest BCUT2D eigenvalue weighted by Crippen LogP contribution is 2.11. The number of carbonyl (C=O) groups excluding carboxylic acids is 3. The van der Waals surface area contributed by atoms with E-state index in [1.165, 1.54) is 29.2 Å². The zero-order valence-electron chi connectivity index (χ0n) is 15.9. The van der Waals surface area contributed by atoms with Gasteiger partial charge in [-0.25, -0.2) is 0 Å². The number of carbonyl (C=O) groups is 3. The third-order valence-corrected chi connectivity index (χ3v) is 4.00. The minimum Gasteiger partial charge on any atom is -0.456 e. The molecule has 0 unspecified atom stereocenters. The number of esters is 1. The van der Waals surface area contributed by atoms with Gasteiger partial charge in [0.1, 0.15) is 0 Å². The molecule has 0 saturated carbocycles. The first-order valence-corrected chi connectivity index (χ1v) is 8.83. The summed E-state index contributed by atoms with van der Waals surface area (Å²) in [5.41, 5.74) is 1.08. The number of non-ortho nitro benzene ring substituents is 1. The van der Waals surface area contributed by atoms with E-state index in [-0.39, 0.29) is 36.7 Å². The molecule has 0 bridgehead atoms. The Balaban J connectivity index is 1.68. The van der Waals surface area contributed by atoms with Gasteiger partial charge in [-0.1, -0.05) is 30.3 Å². The van der Waals surface area contributed by atoms with E-state index in [1.807, 2.05) is 30.3 Å². The Morgan fingerprint density at radius 1 is 1.07 bits per heavy atom. The zero-order valence-corrected chi connectivity index (χ0v) is 15.9. The molecule has 0 spiro atoms. The van der Waals surface area contributed by atoms with Gasteiger partial charge >= 0.3 is 5.97 Å². The quantitative estimate of drug-likeness (QED) is 0.391. The van der Waals surface area contributed by atoms with Crippen LogP contribution < -0.4 is 5.32 Å². The number of nitro groups is 1. The molecular weight excluding hydrogens is 378 g/mol. The summed E-state index contributed by atoms with van der Waals surface area (Å²) in [6.07, 6.45) is -0.103. The Hall–Kier alpha value is -3.75. The number of hydrogen-bond donors (Lipinski definition) is 1. The average Bonchev–Trinajstić information content (AvgIpc) is 2.72. The summed E-state index contributed by atoms with van der Waals surface area (Å²) >= 11 is 0. The summed E-state index contributed by atoms with van der Waals surface area (Å²) in [5, 5.41) is 13.1. The summed E-state index contributed by atoms with van der Waals surface area (Å²) in [7, 11) is 1.62. The molecule has 2 rings (SSSR count). The monoisotopic (exact) mass is 399 g/mol. The van der Waals surface area contributed by atoms with Crippen molar-refractivity contribution in [1.82, 2.24) is 10.2 Å². The largest absolute Gasteiger partial charge is 0.456 e. The van der Waals surface area contributed by atoms with Crippen LogP contribution in [0.2, 0.25) is 0 Å². The van der Waals surface area contributed by atoms with Crippen LogP contribution in [-0.2, 0) is 20.9 Å². The zero-order chi connectivity index (χ0) is 21.2. The van der Waals surface area contributed by atoms with Crippen LogP contribution in [0.1, 0.15) is 22.3 Å². The van der Waals surface area contributed by atoms with Gasteiger partial charge in [0.15, 0.2) is 6.61 Å². The first-order chi connectivity index (χ1) is 13.9. The normalized spacial score (nSPS) is 10.1. The topological polar surface area (TPSA) is 119 Å². The summed E-state index contributed by atoms with van der Waals surface area (Å²) in [4.78, 5) is 47.2. The van der Waals surface area contributed by atoms with E-state index >= 15 is 0 Å². The number of benzene rings is 2. The Morgan fingerprint density at radius 2 is 1.72 bits per heavy atom. The van der Waals surface area contributed by atoms with E-state index in [0.717, 1.165) is 5.56 Å². The number of likely N-dealkylation sites (N-methyl/N-ethyl adjacent to an activating group) is 1. The summed E-state index contributed by atoms with van der Waals surface area (Å²) in [6, 6.07) is 14.5. The van der Waals surface area contributed by atoms with Crippen LogP contribution in [0, 0.1) is 10.1 Å². The van der Waals surface area contributed by atoms with E-state index in [2.05, 4.69) is 5.32 Å². The lowest BCUT2D eigenvalue weighted by Gasteiger charge is -2.17. The first kappa shape index (κ1) is 21.5. The molecule has 0 heterocycles. The Morgan fingerprint density at radius 3 is 2.34 bits per heavy atom. The van der Waals surface area contributed by atoms with Gasteiger partial charge in [0.25, 0.3) is 17.5 Å². The maximum absolute atomic E-state index is 12.0. The van der Waals surface area contributed by atoms with E-state index in [1.54, 1.807) is 7.05 Å². The molecule has 9 heteroatoms. The number of rotatable bonds is 9. The molecule has 0 fully saturated rings. The van der Waals surface area contributed by atoms with Crippen molar-refractivity contribution in [2.75, 3.05) is 20.2 Å². The third kappa shape index (κ3) is 7.06. The molecule has 0 atom stereocenters. The van der Waals surface area contributed by atoms with Crippen LogP contribution in [-0.4, -0.2) is 47.8 Å². The van der Waals surface area contributed by atoms with E-state index < -0.39 is 16.8 Å². The highest BCUT2D eigenvalue weighted by atomic mass is 16.6. The van der Waals surface area contributed by atoms with Gasteiger partial charge < -0.3 is 15.0 Å². The summed E-state index contributed by atoms with van der Waals surface area (Å²) < 4.78 is 4.94. The van der Waals surface area contributed by atoms with Crippen molar-refractivity contribution < 1.29 is 24.0 Å². The van der Waals surface area contributed by atoms with Gasteiger partial charge in [0.2, 0.25) is 0 Å². The molecule has 2 aromatic carbocycles. The lowest BCUT2D eigenvalue weighted by molar-refractivity contribution is -0.384. The minimum absolute atomic E-state index is 0.0166. The fourth-order valence-corrected chi connectivity index (χ4v) is 2.38.